The van der Waals surface area contributed by atoms with Gasteiger partial charge in [-0.15, -0.1) is 0 Å². The van der Waals surface area contributed by atoms with Crippen LogP contribution >= 0.6 is 0 Å². The average molecular weight is 331 g/mol. The van der Waals surface area contributed by atoms with Gasteiger partial charge in [-0.2, -0.15) is 5.10 Å². The lowest BCUT2D eigenvalue weighted by Crippen LogP contribution is -2.50. The van der Waals surface area contributed by atoms with E-state index in [4.69, 9.17) is 0 Å². The van der Waals surface area contributed by atoms with Crippen molar-refractivity contribution in [1.29, 1.82) is 0 Å². The molecule has 6 nitrogen and oxygen atoms in total. The summed E-state index contributed by atoms with van der Waals surface area (Å²) in [6.45, 7) is 3.60. The van der Waals surface area contributed by atoms with Crippen LogP contribution in [0, 0.1) is 12.7 Å². The van der Waals surface area contributed by atoms with Crippen molar-refractivity contribution < 1.29 is 19.1 Å². The number of nitrogens with zero attached hydrogens (tertiary/aromatic N) is 3. The number of likely N-dealkylation sites (tertiary alicyclic amines) is 1. The van der Waals surface area contributed by atoms with Crippen LogP contribution in [0.3, 0.4) is 0 Å². The summed E-state index contributed by atoms with van der Waals surface area (Å²) in [5.74, 6) is -1.86. The van der Waals surface area contributed by atoms with Crippen LogP contribution in [0.5, 0.6) is 0 Å². The highest BCUT2D eigenvalue weighted by molar-refractivity contribution is 5.99. The Kier molecular flexibility index (Phi) is 3.87. The number of aromatic nitrogens is 2. The molecule has 24 heavy (non-hydrogen) atoms. The van der Waals surface area contributed by atoms with Gasteiger partial charge in [0.25, 0.3) is 5.91 Å². The first-order chi connectivity index (χ1) is 11.4. The zero-order valence-electron chi connectivity index (χ0n) is 13.5. The van der Waals surface area contributed by atoms with E-state index in [-0.39, 0.29) is 11.3 Å². The van der Waals surface area contributed by atoms with Crippen LogP contribution in [0.1, 0.15) is 35.8 Å². The summed E-state index contributed by atoms with van der Waals surface area (Å²) in [5.41, 5.74) is -0.210. The average Bonchev–Trinajstić information content (AvgIpc) is 3.12. The minimum absolute atomic E-state index is 0.247. The molecule has 3 rings (SSSR count). The highest BCUT2D eigenvalue weighted by Crippen LogP contribution is 2.31. The molecule has 1 aliphatic rings. The first kappa shape index (κ1) is 16.2. The van der Waals surface area contributed by atoms with Gasteiger partial charge in [0, 0.05) is 6.54 Å². The van der Waals surface area contributed by atoms with Crippen LogP contribution in [0.25, 0.3) is 5.69 Å². The lowest BCUT2D eigenvalue weighted by atomic mass is 9.98. The van der Waals surface area contributed by atoms with Crippen molar-refractivity contribution in [3.8, 4) is 5.69 Å². The van der Waals surface area contributed by atoms with Gasteiger partial charge in [-0.3, -0.25) is 4.79 Å². The molecule has 1 saturated heterocycles. The molecule has 1 N–H and O–H groups in total. The van der Waals surface area contributed by atoms with Crippen molar-refractivity contribution in [2.24, 2.45) is 0 Å². The molecular formula is C17H18FN3O3. The molecule has 126 valence electrons. The van der Waals surface area contributed by atoms with Gasteiger partial charge < -0.3 is 10.0 Å². The fourth-order valence-corrected chi connectivity index (χ4v) is 3.14. The zero-order valence-corrected chi connectivity index (χ0v) is 13.5. The summed E-state index contributed by atoms with van der Waals surface area (Å²) in [6.07, 6.45) is 2.41. The molecule has 0 bridgehead atoms. The number of rotatable bonds is 3. The number of aliphatic carboxylic acids is 1. The SMILES string of the molecule is Cc1c(C(=O)N2CCCC2(C)C(=O)O)cnn1-c1ccccc1F. The predicted molar refractivity (Wildman–Crippen MR) is 84.6 cm³/mol. The predicted octanol–water partition coefficient (Wildman–Crippen LogP) is 2.40. The zero-order chi connectivity index (χ0) is 17.5. The number of carboxylic acid groups (broad SMARTS) is 1. The van der Waals surface area contributed by atoms with Gasteiger partial charge in [-0.05, 0) is 38.8 Å². The minimum Gasteiger partial charge on any atom is -0.480 e. The lowest BCUT2D eigenvalue weighted by molar-refractivity contribution is -0.147. The first-order valence-corrected chi connectivity index (χ1v) is 7.71. The summed E-state index contributed by atoms with van der Waals surface area (Å²) < 4.78 is 15.3. The second-order valence-electron chi connectivity index (χ2n) is 6.15. The third kappa shape index (κ3) is 2.36. The van der Waals surface area contributed by atoms with E-state index in [1.807, 2.05) is 0 Å². The molecule has 1 aromatic carbocycles. The minimum atomic E-state index is -1.22. The van der Waals surface area contributed by atoms with Gasteiger partial charge in [0.15, 0.2) is 0 Å². The molecule has 0 aliphatic carbocycles. The van der Waals surface area contributed by atoms with Crippen molar-refractivity contribution in [1.82, 2.24) is 14.7 Å². The third-order valence-electron chi connectivity index (χ3n) is 4.67. The molecule has 1 amide bonds. The number of carbonyl (C=O) groups excluding carboxylic acids is 1. The molecule has 1 atom stereocenters. The number of carboxylic acids is 1. The molecule has 1 unspecified atom stereocenters. The molecule has 2 heterocycles. The Labute approximate surface area is 138 Å². The summed E-state index contributed by atoms with van der Waals surface area (Å²) in [6, 6.07) is 6.15. The third-order valence-corrected chi connectivity index (χ3v) is 4.67. The Morgan fingerprint density at radius 3 is 2.71 bits per heavy atom. The summed E-state index contributed by atoms with van der Waals surface area (Å²) in [5, 5.41) is 13.6. The fraction of sp³-hybridized carbons (Fsp3) is 0.353. The van der Waals surface area contributed by atoms with E-state index in [9.17, 15) is 19.1 Å². The van der Waals surface area contributed by atoms with Crippen LogP contribution in [0.4, 0.5) is 4.39 Å². The normalized spacial score (nSPS) is 20.4. The Bertz CT molecular complexity index is 817. The molecule has 1 fully saturated rings. The van der Waals surface area contributed by atoms with E-state index < -0.39 is 23.2 Å². The Morgan fingerprint density at radius 2 is 2.04 bits per heavy atom. The maximum atomic E-state index is 14.0. The van der Waals surface area contributed by atoms with Gasteiger partial charge in [0.05, 0.1) is 17.5 Å². The number of amides is 1. The van der Waals surface area contributed by atoms with E-state index in [1.165, 1.54) is 21.8 Å². The van der Waals surface area contributed by atoms with Gasteiger partial charge in [-0.25, -0.2) is 13.9 Å². The van der Waals surface area contributed by atoms with E-state index in [2.05, 4.69) is 5.10 Å². The monoisotopic (exact) mass is 331 g/mol. The fourth-order valence-electron chi connectivity index (χ4n) is 3.14. The maximum absolute atomic E-state index is 14.0. The second kappa shape index (κ2) is 5.74. The molecule has 0 radical (unpaired) electrons. The van der Waals surface area contributed by atoms with Crippen molar-refractivity contribution in [2.45, 2.75) is 32.2 Å². The number of carbonyl (C=O) groups is 2. The highest BCUT2D eigenvalue weighted by Gasteiger charge is 2.46. The molecule has 2 aromatic rings. The van der Waals surface area contributed by atoms with Gasteiger partial charge in [0.1, 0.15) is 17.0 Å². The van der Waals surface area contributed by atoms with Crippen LogP contribution in [-0.4, -0.2) is 43.7 Å². The largest absolute Gasteiger partial charge is 0.480 e. The van der Waals surface area contributed by atoms with E-state index >= 15 is 0 Å². The van der Waals surface area contributed by atoms with Crippen LogP contribution in [-0.2, 0) is 4.79 Å². The number of hydrogen-bond donors (Lipinski definition) is 1. The lowest BCUT2D eigenvalue weighted by Gasteiger charge is -2.31. The van der Waals surface area contributed by atoms with E-state index in [0.717, 1.165) is 0 Å². The quantitative estimate of drug-likeness (QED) is 0.937. The molecule has 7 heteroatoms. The number of hydrogen-bond acceptors (Lipinski definition) is 3. The van der Waals surface area contributed by atoms with E-state index in [1.54, 1.807) is 32.0 Å². The van der Waals surface area contributed by atoms with Crippen LogP contribution in [0.15, 0.2) is 30.5 Å². The van der Waals surface area contributed by atoms with Gasteiger partial charge in [0.2, 0.25) is 0 Å². The van der Waals surface area contributed by atoms with Crippen molar-refractivity contribution in [3.05, 3.63) is 47.5 Å². The smallest absolute Gasteiger partial charge is 0.329 e. The summed E-state index contributed by atoms with van der Waals surface area (Å²) in [7, 11) is 0. The first-order valence-electron chi connectivity index (χ1n) is 7.71. The van der Waals surface area contributed by atoms with E-state index in [0.29, 0.717) is 25.1 Å². The number of para-hydroxylation sites is 1. The van der Waals surface area contributed by atoms with Crippen molar-refractivity contribution >= 4 is 11.9 Å². The van der Waals surface area contributed by atoms with Crippen LogP contribution < -0.4 is 0 Å². The van der Waals surface area contributed by atoms with Gasteiger partial charge in [-0.1, -0.05) is 12.1 Å². The topological polar surface area (TPSA) is 75.4 Å². The van der Waals surface area contributed by atoms with Crippen molar-refractivity contribution in [3.63, 3.8) is 0 Å². The maximum Gasteiger partial charge on any atom is 0.329 e. The summed E-state index contributed by atoms with van der Waals surface area (Å²) in [4.78, 5) is 25.8. The number of benzene rings is 1. The number of halogens is 1. The molecule has 0 spiro atoms. The Balaban J connectivity index is 1.99. The van der Waals surface area contributed by atoms with Crippen molar-refractivity contribution in [2.75, 3.05) is 6.54 Å². The highest BCUT2D eigenvalue weighted by atomic mass is 19.1. The molecule has 1 aromatic heterocycles. The summed E-state index contributed by atoms with van der Waals surface area (Å²) >= 11 is 0. The molecule has 0 saturated carbocycles. The Morgan fingerprint density at radius 1 is 1.33 bits per heavy atom. The van der Waals surface area contributed by atoms with Crippen LogP contribution in [0.2, 0.25) is 0 Å². The Hall–Kier alpha value is -2.70. The molecule has 1 aliphatic heterocycles. The second-order valence-corrected chi connectivity index (χ2v) is 6.15. The molecular weight excluding hydrogens is 313 g/mol. The standard InChI is InChI=1S/C17H18FN3O3/c1-11-12(10-19-21(11)14-7-4-3-6-13(14)18)15(22)20-9-5-8-17(20,2)16(23)24/h3-4,6-7,10H,5,8-9H2,1-2H3,(H,23,24). The van der Waals surface area contributed by atoms with Gasteiger partial charge >= 0.3 is 5.97 Å².